The van der Waals surface area contributed by atoms with E-state index >= 15 is 0 Å². The van der Waals surface area contributed by atoms with Crippen LogP contribution in [0.2, 0.25) is 0 Å². The number of hydrogen-bond donors (Lipinski definition) is 2. The Balaban J connectivity index is 2.44. The highest BCUT2D eigenvalue weighted by atomic mass is 16.5. The van der Waals surface area contributed by atoms with Crippen LogP contribution >= 0.6 is 0 Å². The van der Waals surface area contributed by atoms with Crippen molar-refractivity contribution in [1.82, 2.24) is 0 Å². The minimum atomic E-state index is -0.264. The third kappa shape index (κ3) is 3.45. The average Bonchev–Trinajstić information content (AvgIpc) is 2.18. The molecule has 1 rings (SSSR count). The number of nitrogens with two attached hydrogens (primary N) is 2. The minimum absolute atomic E-state index is 0.264. The molecule has 0 aliphatic carbocycles. The summed E-state index contributed by atoms with van der Waals surface area (Å²) in [5.41, 5.74) is 12.3. The zero-order valence-electron chi connectivity index (χ0n) is 7.90. The number of nitrogen functional groups attached to an aromatic ring is 1. The predicted octanol–water partition coefficient (Wildman–Crippen LogP) is 0.313. The number of benzene rings is 1. The highest BCUT2D eigenvalue weighted by Crippen LogP contribution is 2.06. The van der Waals surface area contributed by atoms with Crippen LogP contribution in [0.1, 0.15) is 5.56 Å². The summed E-state index contributed by atoms with van der Waals surface area (Å²) < 4.78 is 4.83. The molecule has 0 heterocycles. The fraction of sp³-hybridized carbons (Fsp3) is 0.300. The molecule has 0 radical (unpaired) electrons. The highest BCUT2D eigenvalue weighted by Gasteiger charge is 2.03. The van der Waals surface area contributed by atoms with Crippen LogP contribution in [0.25, 0.3) is 0 Å². The quantitative estimate of drug-likeness (QED) is 0.534. The van der Waals surface area contributed by atoms with Gasteiger partial charge >= 0.3 is 5.97 Å². The van der Waals surface area contributed by atoms with Crippen LogP contribution < -0.4 is 11.5 Å². The molecule has 0 amide bonds. The Morgan fingerprint density at radius 3 is 2.50 bits per heavy atom. The molecule has 0 unspecified atom stereocenters. The van der Waals surface area contributed by atoms with E-state index in [1.54, 1.807) is 24.3 Å². The first kappa shape index (κ1) is 10.5. The Morgan fingerprint density at radius 2 is 1.93 bits per heavy atom. The van der Waals surface area contributed by atoms with Gasteiger partial charge in [0.2, 0.25) is 0 Å². The van der Waals surface area contributed by atoms with E-state index in [1.807, 2.05) is 0 Å². The van der Waals surface area contributed by atoms with Crippen LogP contribution in [0.15, 0.2) is 24.3 Å². The largest absolute Gasteiger partial charge is 0.464 e. The molecule has 0 atom stereocenters. The summed E-state index contributed by atoms with van der Waals surface area (Å²) in [5.74, 6) is -0.264. The zero-order chi connectivity index (χ0) is 10.4. The van der Waals surface area contributed by atoms with Gasteiger partial charge in [0.25, 0.3) is 0 Å². The van der Waals surface area contributed by atoms with E-state index in [4.69, 9.17) is 16.2 Å². The van der Waals surface area contributed by atoms with Crippen molar-refractivity contribution in [1.29, 1.82) is 0 Å². The number of carbonyl (C=O) groups excluding carboxylic acids is 1. The molecule has 0 aromatic heterocycles. The van der Waals surface area contributed by atoms with Crippen molar-refractivity contribution in [3.8, 4) is 0 Å². The lowest BCUT2D eigenvalue weighted by atomic mass is 10.1. The third-order valence-corrected chi connectivity index (χ3v) is 1.71. The Labute approximate surface area is 82.8 Å². The van der Waals surface area contributed by atoms with Crippen LogP contribution in [0.5, 0.6) is 0 Å². The van der Waals surface area contributed by atoms with E-state index in [2.05, 4.69) is 0 Å². The molecule has 4 N–H and O–H groups in total. The average molecular weight is 194 g/mol. The van der Waals surface area contributed by atoms with Crippen molar-refractivity contribution in [2.75, 3.05) is 18.9 Å². The number of carbonyl (C=O) groups is 1. The Bertz CT molecular complexity index is 295. The predicted molar refractivity (Wildman–Crippen MR) is 54.6 cm³/mol. The molecule has 0 fully saturated rings. The molecule has 0 saturated heterocycles. The second kappa shape index (κ2) is 5.24. The molecule has 76 valence electrons. The van der Waals surface area contributed by atoms with Gasteiger partial charge in [-0.2, -0.15) is 0 Å². The first-order valence-corrected chi connectivity index (χ1v) is 4.42. The highest BCUT2D eigenvalue weighted by molar-refractivity contribution is 5.72. The van der Waals surface area contributed by atoms with Gasteiger partial charge in [-0.3, -0.25) is 4.79 Å². The zero-order valence-corrected chi connectivity index (χ0v) is 7.90. The summed E-state index contributed by atoms with van der Waals surface area (Å²) in [6.45, 7) is 0.626. The van der Waals surface area contributed by atoms with Crippen LogP contribution in [0, 0.1) is 0 Å². The Hall–Kier alpha value is -1.55. The summed E-state index contributed by atoms with van der Waals surface area (Å²) in [5, 5.41) is 0. The lowest BCUT2D eigenvalue weighted by Crippen LogP contribution is -2.15. The third-order valence-electron chi connectivity index (χ3n) is 1.71. The molecule has 0 spiro atoms. The normalized spacial score (nSPS) is 9.79. The Morgan fingerprint density at radius 1 is 1.29 bits per heavy atom. The second-order valence-electron chi connectivity index (χ2n) is 2.93. The van der Waals surface area contributed by atoms with Crippen LogP contribution in [-0.4, -0.2) is 19.1 Å². The van der Waals surface area contributed by atoms with Crippen molar-refractivity contribution in [2.45, 2.75) is 6.42 Å². The van der Waals surface area contributed by atoms with Crippen LogP contribution in [-0.2, 0) is 16.0 Å². The Kier molecular flexibility index (Phi) is 3.94. The van der Waals surface area contributed by atoms with E-state index in [-0.39, 0.29) is 19.0 Å². The number of anilines is 1. The van der Waals surface area contributed by atoms with E-state index in [1.165, 1.54) is 0 Å². The number of ether oxygens (including phenoxy) is 1. The van der Waals surface area contributed by atoms with Crippen molar-refractivity contribution in [3.05, 3.63) is 29.8 Å². The van der Waals surface area contributed by atoms with E-state index in [0.717, 1.165) is 5.56 Å². The maximum atomic E-state index is 11.1. The lowest BCUT2D eigenvalue weighted by molar-refractivity contribution is -0.142. The van der Waals surface area contributed by atoms with Crippen LogP contribution in [0.4, 0.5) is 5.69 Å². The monoisotopic (exact) mass is 194 g/mol. The summed E-state index contributed by atoms with van der Waals surface area (Å²) in [7, 11) is 0. The molecule has 0 aliphatic rings. The first-order valence-electron chi connectivity index (χ1n) is 4.42. The standard InChI is InChI=1S/C10H14N2O2/c11-5-6-14-10(13)7-8-1-3-9(12)4-2-8/h1-4H,5-7,11-12H2. The van der Waals surface area contributed by atoms with Crippen molar-refractivity contribution < 1.29 is 9.53 Å². The van der Waals surface area contributed by atoms with Crippen molar-refractivity contribution in [2.24, 2.45) is 5.73 Å². The SMILES string of the molecule is NCCOC(=O)Cc1ccc(N)cc1. The molecule has 1 aromatic carbocycles. The number of rotatable bonds is 4. The van der Waals surface area contributed by atoms with E-state index < -0.39 is 0 Å². The lowest BCUT2D eigenvalue weighted by Gasteiger charge is -2.03. The number of esters is 1. The summed E-state index contributed by atoms with van der Waals surface area (Å²) in [6.07, 6.45) is 0.264. The topological polar surface area (TPSA) is 78.3 Å². The van der Waals surface area contributed by atoms with Gasteiger partial charge in [-0.1, -0.05) is 12.1 Å². The summed E-state index contributed by atoms with van der Waals surface area (Å²) >= 11 is 0. The smallest absolute Gasteiger partial charge is 0.310 e. The molecule has 14 heavy (non-hydrogen) atoms. The van der Waals surface area contributed by atoms with Crippen molar-refractivity contribution in [3.63, 3.8) is 0 Å². The molecule has 0 saturated carbocycles. The van der Waals surface area contributed by atoms with Gasteiger partial charge in [-0.05, 0) is 17.7 Å². The van der Waals surface area contributed by atoms with Crippen molar-refractivity contribution >= 4 is 11.7 Å². The number of hydrogen-bond acceptors (Lipinski definition) is 4. The van der Waals surface area contributed by atoms with Gasteiger partial charge in [0.05, 0.1) is 6.42 Å². The first-order chi connectivity index (χ1) is 6.72. The minimum Gasteiger partial charge on any atom is -0.464 e. The second-order valence-corrected chi connectivity index (χ2v) is 2.93. The van der Waals surface area contributed by atoms with Crippen LogP contribution in [0.3, 0.4) is 0 Å². The summed E-state index contributed by atoms with van der Waals surface area (Å²) in [4.78, 5) is 11.1. The molecule has 4 nitrogen and oxygen atoms in total. The summed E-state index contributed by atoms with van der Waals surface area (Å²) in [6, 6.07) is 7.12. The van der Waals surface area contributed by atoms with Gasteiger partial charge in [-0.25, -0.2) is 0 Å². The van der Waals surface area contributed by atoms with Gasteiger partial charge in [0, 0.05) is 12.2 Å². The van der Waals surface area contributed by atoms with Gasteiger partial charge in [0.15, 0.2) is 0 Å². The molecular weight excluding hydrogens is 180 g/mol. The molecule has 1 aromatic rings. The van der Waals surface area contributed by atoms with Gasteiger partial charge < -0.3 is 16.2 Å². The molecule has 4 heteroatoms. The van der Waals surface area contributed by atoms with E-state index in [9.17, 15) is 4.79 Å². The van der Waals surface area contributed by atoms with Gasteiger partial charge in [0.1, 0.15) is 6.61 Å². The maximum absolute atomic E-state index is 11.1. The maximum Gasteiger partial charge on any atom is 0.310 e. The molecule has 0 aliphatic heterocycles. The fourth-order valence-corrected chi connectivity index (χ4v) is 1.03. The fourth-order valence-electron chi connectivity index (χ4n) is 1.03. The van der Waals surface area contributed by atoms with Gasteiger partial charge in [-0.15, -0.1) is 0 Å². The van der Waals surface area contributed by atoms with E-state index in [0.29, 0.717) is 12.2 Å². The molecular formula is C10H14N2O2. The molecule has 0 bridgehead atoms.